The quantitative estimate of drug-likeness (QED) is 0.277. The zero-order valence-corrected chi connectivity index (χ0v) is 16.9. The molecule has 32 heavy (non-hydrogen) atoms. The summed E-state index contributed by atoms with van der Waals surface area (Å²) in [7, 11) is 0. The molecule has 1 aliphatic rings. The van der Waals surface area contributed by atoms with Crippen molar-refractivity contribution >= 4 is 29.2 Å². The number of esters is 2. The fraction of sp³-hybridized carbons (Fsp3) is 0.190. The molecule has 0 radical (unpaired) electrons. The Morgan fingerprint density at radius 2 is 1.62 bits per heavy atom. The minimum absolute atomic E-state index is 0.0942. The molecule has 2 aromatic carbocycles. The molecule has 3 rings (SSSR count). The number of alkyl halides is 3. The highest BCUT2D eigenvalue weighted by Gasteiger charge is 2.39. The van der Waals surface area contributed by atoms with Crippen molar-refractivity contribution in [3.8, 4) is 0 Å². The lowest BCUT2D eigenvalue weighted by Crippen LogP contribution is -2.42. The van der Waals surface area contributed by atoms with E-state index in [2.05, 4.69) is 16.2 Å². The van der Waals surface area contributed by atoms with Crippen LogP contribution in [0.1, 0.15) is 29.8 Å². The van der Waals surface area contributed by atoms with E-state index in [1.165, 1.54) is 13.8 Å². The molecule has 3 N–H and O–H groups in total. The van der Waals surface area contributed by atoms with Crippen LogP contribution in [0, 0.1) is 0 Å². The number of halogens is 3. The summed E-state index contributed by atoms with van der Waals surface area (Å²) in [4.78, 5) is 36.7. The molecule has 0 aromatic heterocycles. The maximum atomic E-state index is 13.2. The summed E-state index contributed by atoms with van der Waals surface area (Å²) in [5, 5.41) is 2.51. The molecule has 0 spiro atoms. The number of amides is 1. The number of hydrazine groups is 1. The SMILES string of the molecule is CC1(C)OC(=O)C(=CNc2ccc(C(F)(F)F)cc2C(=O)NNc2ccccc2)C(=O)O1. The van der Waals surface area contributed by atoms with Crippen molar-refractivity contribution in [2.24, 2.45) is 0 Å². The first kappa shape index (κ1) is 22.7. The number of para-hydroxylation sites is 1. The Hall–Kier alpha value is -4.02. The van der Waals surface area contributed by atoms with Crippen LogP contribution in [0.3, 0.4) is 0 Å². The maximum absolute atomic E-state index is 13.2. The monoisotopic (exact) mass is 449 g/mol. The average Bonchev–Trinajstić information content (AvgIpc) is 2.70. The minimum atomic E-state index is -4.69. The number of hydrogen-bond donors (Lipinski definition) is 3. The van der Waals surface area contributed by atoms with Crippen LogP contribution in [0.2, 0.25) is 0 Å². The lowest BCUT2D eigenvalue weighted by Gasteiger charge is -2.29. The van der Waals surface area contributed by atoms with Gasteiger partial charge < -0.3 is 14.8 Å². The highest BCUT2D eigenvalue weighted by atomic mass is 19.4. The summed E-state index contributed by atoms with van der Waals surface area (Å²) in [6.07, 6.45) is -3.79. The fourth-order valence-corrected chi connectivity index (χ4v) is 2.68. The molecular formula is C21H18F3N3O5. The minimum Gasteiger partial charge on any atom is -0.419 e. The number of cyclic esters (lactones) is 2. The van der Waals surface area contributed by atoms with Gasteiger partial charge in [0.1, 0.15) is 0 Å². The number of benzene rings is 2. The van der Waals surface area contributed by atoms with Crippen molar-refractivity contribution in [2.75, 3.05) is 10.7 Å². The van der Waals surface area contributed by atoms with Gasteiger partial charge in [0.25, 0.3) is 11.7 Å². The maximum Gasteiger partial charge on any atom is 0.416 e. The lowest BCUT2D eigenvalue weighted by atomic mass is 10.1. The van der Waals surface area contributed by atoms with Crippen LogP contribution >= 0.6 is 0 Å². The molecule has 11 heteroatoms. The Bertz CT molecular complexity index is 1060. The van der Waals surface area contributed by atoms with Gasteiger partial charge in [0.15, 0.2) is 5.57 Å². The van der Waals surface area contributed by atoms with Crippen molar-refractivity contribution < 1.29 is 37.0 Å². The van der Waals surface area contributed by atoms with Crippen molar-refractivity contribution in [2.45, 2.75) is 25.8 Å². The first-order valence-electron chi connectivity index (χ1n) is 9.22. The first-order valence-corrected chi connectivity index (χ1v) is 9.22. The van der Waals surface area contributed by atoms with Crippen LogP contribution in [-0.2, 0) is 25.2 Å². The van der Waals surface area contributed by atoms with Gasteiger partial charge in [0.2, 0.25) is 0 Å². The molecule has 1 saturated heterocycles. The number of carbonyl (C=O) groups excluding carboxylic acids is 3. The smallest absolute Gasteiger partial charge is 0.416 e. The number of anilines is 2. The molecular weight excluding hydrogens is 431 g/mol. The van der Waals surface area contributed by atoms with E-state index in [1.807, 2.05) is 0 Å². The molecule has 1 heterocycles. The topological polar surface area (TPSA) is 106 Å². The van der Waals surface area contributed by atoms with E-state index in [1.54, 1.807) is 30.3 Å². The van der Waals surface area contributed by atoms with Gasteiger partial charge in [-0.3, -0.25) is 15.6 Å². The van der Waals surface area contributed by atoms with Gasteiger partial charge >= 0.3 is 18.1 Å². The normalized spacial score (nSPS) is 15.3. The third kappa shape index (κ3) is 5.36. The number of rotatable bonds is 5. The van der Waals surface area contributed by atoms with Gasteiger partial charge in [0, 0.05) is 20.0 Å². The van der Waals surface area contributed by atoms with Crippen LogP contribution in [0.15, 0.2) is 60.3 Å². The van der Waals surface area contributed by atoms with E-state index in [4.69, 9.17) is 9.47 Å². The molecule has 1 amide bonds. The predicted molar refractivity (Wildman–Crippen MR) is 107 cm³/mol. The Labute approximate surface area is 180 Å². The van der Waals surface area contributed by atoms with Crippen LogP contribution in [0.5, 0.6) is 0 Å². The second kappa shape index (κ2) is 8.61. The van der Waals surface area contributed by atoms with Gasteiger partial charge in [0.05, 0.1) is 22.5 Å². The number of hydrogen-bond acceptors (Lipinski definition) is 7. The highest BCUT2D eigenvalue weighted by Crippen LogP contribution is 2.32. The summed E-state index contributed by atoms with van der Waals surface area (Å²) in [5.41, 5.74) is 3.33. The molecule has 0 atom stereocenters. The Morgan fingerprint density at radius 1 is 1.00 bits per heavy atom. The van der Waals surface area contributed by atoms with Gasteiger partial charge in [-0.25, -0.2) is 9.59 Å². The summed E-state index contributed by atoms with van der Waals surface area (Å²) < 4.78 is 49.4. The third-order valence-electron chi connectivity index (χ3n) is 4.17. The largest absolute Gasteiger partial charge is 0.419 e. The molecule has 2 aromatic rings. The van der Waals surface area contributed by atoms with E-state index < -0.39 is 46.5 Å². The fourth-order valence-electron chi connectivity index (χ4n) is 2.68. The molecule has 0 saturated carbocycles. The van der Waals surface area contributed by atoms with Gasteiger partial charge in [-0.15, -0.1) is 0 Å². The zero-order valence-electron chi connectivity index (χ0n) is 16.9. The van der Waals surface area contributed by atoms with Crippen LogP contribution in [0.25, 0.3) is 0 Å². The molecule has 0 aliphatic carbocycles. The van der Waals surface area contributed by atoms with E-state index in [9.17, 15) is 27.6 Å². The standard InChI is InChI=1S/C21H18F3N3O5/c1-20(2)31-18(29)15(19(30)32-20)11-25-16-9-8-12(21(22,23)24)10-14(16)17(28)27-26-13-6-4-3-5-7-13/h3-11,25-26H,1-2H3,(H,27,28). The lowest BCUT2D eigenvalue weighted by molar-refractivity contribution is -0.222. The van der Waals surface area contributed by atoms with E-state index in [0.29, 0.717) is 11.8 Å². The Morgan fingerprint density at radius 3 is 2.22 bits per heavy atom. The molecule has 1 aliphatic heterocycles. The van der Waals surface area contributed by atoms with Crippen molar-refractivity contribution in [1.82, 2.24) is 5.43 Å². The second-order valence-corrected chi connectivity index (χ2v) is 7.08. The molecule has 0 bridgehead atoms. The van der Waals surface area contributed by atoms with Crippen LogP contribution in [-0.4, -0.2) is 23.6 Å². The summed E-state index contributed by atoms with van der Waals surface area (Å²) in [6.45, 7) is 2.73. The van der Waals surface area contributed by atoms with Crippen molar-refractivity contribution in [3.63, 3.8) is 0 Å². The first-order chi connectivity index (χ1) is 15.0. The van der Waals surface area contributed by atoms with E-state index in [-0.39, 0.29) is 5.69 Å². The average molecular weight is 449 g/mol. The zero-order chi connectivity index (χ0) is 23.5. The van der Waals surface area contributed by atoms with E-state index >= 15 is 0 Å². The van der Waals surface area contributed by atoms with Crippen molar-refractivity contribution in [1.29, 1.82) is 0 Å². The number of carbonyl (C=O) groups is 3. The van der Waals surface area contributed by atoms with E-state index in [0.717, 1.165) is 18.3 Å². The Balaban J connectivity index is 1.87. The number of nitrogens with one attached hydrogen (secondary N) is 3. The molecule has 1 fully saturated rings. The second-order valence-electron chi connectivity index (χ2n) is 7.08. The van der Waals surface area contributed by atoms with Gasteiger partial charge in [-0.2, -0.15) is 13.2 Å². The molecule has 8 nitrogen and oxygen atoms in total. The van der Waals surface area contributed by atoms with Crippen LogP contribution in [0.4, 0.5) is 24.5 Å². The molecule has 168 valence electrons. The summed E-state index contributed by atoms with van der Waals surface area (Å²) in [5.74, 6) is -4.31. The molecule has 0 unspecified atom stereocenters. The third-order valence-corrected chi connectivity index (χ3v) is 4.17. The Kier molecular flexibility index (Phi) is 6.10. The summed E-state index contributed by atoms with van der Waals surface area (Å²) in [6, 6.07) is 10.8. The predicted octanol–water partition coefficient (Wildman–Crippen LogP) is 3.59. The van der Waals surface area contributed by atoms with Crippen LogP contribution < -0.4 is 16.2 Å². The number of ether oxygens (including phenoxy) is 2. The van der Waals surface area contributed by atoms with Crippen molar-refractivity contribution in [3.05, 3.63) is 71.4 Å². The summed E-state index contributed by atoms with van der Waals surface area (Å²) >= 11 is 0. The van der Waals surface area contributed by atoms with Gasteiger partial charge in [-0.05, 0) is 30.3 Å². The highest BCUT2D eigenvalue weighted by molar-refractivity contribution is 6.15. The van der Waals surface area contributed by atoms with Gasteiger partial charge in [-0.1, -0.05) is 18.2 Å².